The molecule has 5 nitrogen and oxygen atoms in total. The Balaban J connectivity index is 1.50. The van der Waals surface area contributed by atoms with E-state index in [0.717, 1.165) is 23.2 Å². The van der Waals surface area contributed by atoms with Crippen LogP contribution in [0.1, 0.15) is 60.5 Å². The number of hydrogen-bond donors (Lipinski definition) is 3. The Kier molecular flexibility index (Phi) is 7.27. The molecule has 5 heteroatoms. The molecule has 0 unspecified atom stereocenters. The molecule has 3 N–H and O–H groups in total. The van der Waals surface area contributed by atoms with Gasteiger partial charge in [-0.1, -0.05) is 36.4 Å². The van der Waals surface area contributed by atoms with E-state index in [1.807, 2.05) is 39.0 Å². The molecule has 2 atom stereocenters. The molecule has 1 aliphatic rings. The molecule has 0 radical (unpaired) electrons. The Hall–Kier alpha value is -2.66. The van der Waals surface area contributed by atoms with Crippen molar-refractivity contribution in [3.63, 3.8) is 0 Å². The Labute approximate surface area is 179 Å². The highest BCUT2D eigenvalue weighted by Gasteiger charge is 2.18. The summed E-state index contributed by atoms with van der Waals surface area (Å²) in [5.41, 5.74) is 6.91. The molecule has 0 saturated heterocycles. The molecule has 0 aliphatic heterocycles. The number of aryl methyl sites for hydroxylation is 4. The van der Waals surface area contributed by atoms with Crippen molar-refractivity contribution in [3.05, 3.63) is 64.2 Å². The maximum atomic E-state index is 12.5. The van der Waals surface area contributed by atoms with E-state index in [9.17, 15) is 9.59 Å². The van der Waals surface area contributed by atoms with Crippen molar-refractivity contribution in [1.82, 2.24) is 10.6 Å². The summed E-state index contributed by atoms with van der Waals surface area (Å²) in [6.07, 6.45) is 4.83. The van der Waals surface area contributed by atoms with E-state index in [-0.39, 0.29) is 24.4 Å². The van der Waals surface area contributed by atoms with Crippen LogP contribution in [0.5, 0.6) is 0 Å². The van der Waals surface area contributed by atoms with Crippen molar-refractivity contribution in [3.8, 4) is 0 Å². The van der Waals surface area contributed by atoms with Crippen LogP contribution >= 0.6 is 0 Å². The van der Waals surface area contributed by atoms with Crippen LogP contribution in [0.25, 0.3) is 0 Å². The third-order valence-corrected chi connectivity index (χ3v) is 5.93. The number of rotatable bonds is 7. The van der Waals surface area contributed by atoms with E-state index in [1.54, 1.807) is 0 Å². The first kappa shape index (κ1) is 22.0. The maximum Gasteiger partial charge on any atom is 0.243 e. The third-order valence-electron chi connectivity index (χ3n) is 5.93. The molecular formula is C25H33N3O2. The van der Waals surface area contributed by atoms with E-state index in [1.165, 1.54) is 36.0 Å². The minimum atomic E-state index is -0.399. The van der Waals surface area contributed by atoms with Crippen LogP contribution in [0.2, 0.25) is 0 Å². The lowest BCUT2D eigenvalue weighted by molar-refractivity contribution is -0.125. The minimum Gasteiger partial charge on any atom is -0.346 e. The van der Waals surface area contributed by atoms with Gasteiger partial charge in [0.15, 0.2) is 0 Å². The zero-order valence-electron chi connectivity index (χ0n) is 18.5. The summed E-state index contributed by atoms with van der Waals surface area (Å²) in [6.45, 7) is 7.76. The highest BCUT2D eigenvalue weighted by molar-refractivity contribution is 5.96. The number of fused-ring (bicyclic) bond motifs is 1. The van der Waals surface area contributed by atoms with E-state index in [2.05, 4.69) is 41.1 Å². The Morgan fingerprint density at radius 3 is 2.33 bits per heavy atom. The molecule has 0 heterocycles. The summed E-state index contributed by atoms with van der Waals surface area (Å²) < 4.78 is 0. The van der Waals surface area contributed by atoms with Gasteiger partial charge in [-0.05, 0) is 81.2 Å². The van der Waals surface area contributed by atoms with Gasteiger partial charge in [-0.15, -0.1) is 0 Å². The molecule has 0 saturated carbocycles. The largest absolute Gasteiger partial charge is 0.346 e. The van der Waals surface area contributed by atoms with Crippen LogP contribution in [-0.2, 0) is 22.4 Å². The third kappa shape index (κ3) is 5.48. The molecule has 3 rings (SSSR count). The lowest BCUT2D eigenvalue weighted by Crippen LogP contribution is -2.45. The van der Waals surface area contributed by atoms with Crippen LogP contribution in [-0.4, -0.2) is 24.4 Å². The highest BCUT2D eigenvalue weighted by atomic mass is 16.2. The number of nitrogens with one attached hydrogen (secondary N) is 3. The SMILES string of the molecule is Cc1cccc(C)c1NC(=O)CNC(=O)[C@H](C)N[C@@H](C)c1ccc2c(c1)CCCC2. The molecule has 2 aromatic rings. The average Bonchev–Trinajstić information content (AvgIpc) is 2.74. The first-order chi connectivity index (χ1) is 14.3. The highest BCUT2D eigenvalue weighted by Crippen LogP contribution is 2.25. The lowest BCUT2D eigenvalue weighted by atomic mass is 9.89. The summed E-state index contributed by atoms with van der Waals surface area (Å²) in [6, 6.07) is 12.2. The van der Waals surface area contributed by atoms with Gasteiger partial charge in [-0.3, -0.25) is 14.9 Å². The van der Waals surface area contributed by atoms with E-state index >= 15 is 0 Å². The van der Waals surface area contributed by atoms with Gasteiger partial charge in [0.2, 0.25) is 11.8 Å². The van der Waals surface area contributed by atoms with Crippen molar-refractivity contribution in [2.75, 3.05) is 11.9 Å². The summed E-state index contributed by atoms with van der Waals surface area (Å²) in [5.74, 6) is -0.410. The number of carbonyl (C=O) groups excluding carboxylic acids is 2. The number of carbonyl (C=O) groups is 2. The summed E-state index contributed by atoms with van der Waals surface area (Å²) in [5, 5.41) is 8.98. The van der Waals surface area contributed by atoms with Crippen LogP contribution < -0.4 is 16.0 Å². The van der Waals surface area contributed by atoms with Crippen LogP contribution in [0.4, 0.5) is 5.69 Å². The van der Waals surface area contributed by atoms with Crippen LogP contribution in [0.15, 0.2) is 36.4 Å². The van der Waals surface area contributed by atoms with Gasteiger partial charge in [0.25, 0.3) is 0 Å². The number of amides is 2. The first-order valence-corrected chi connectivity index (χ1v) is 10.9. The smallest absolute Gasteiger partial charge is 0.243 e. The predicted octanol–water partition coefficient (Wildman–Crippen LogP) is 3.98. The molecule has 0 fully saturated rings. The van der Waals surface area contributed by atoms with Gasteiger partial charge in [-0.2, -0.15) is 0 Å². The van der Waals surface area contributed by atoms with E-state index in [4.69, 9.17) is 0 Å². The molecule has 1 aliphatic carbocycles. The quantitative estimate of drug-likeness (QED) is 0.650. The normalized spacial score (nSPS) is 15.1. The molecule has 160 valence electrons. The van der Waals surface area contributed by atoms with Gasteiger partial charge >= 0.3 is 0 Å². The zero-order chi connectivity index (χ0) is 21.7. The zero-order valence-corrected chi connectivity index (χ0v) is 18.5. The van der Waals surface area contributed by atoms with Gasteiger partial charge in [-0.25, -0.2) is 0 Å². The number of benzene rings is 2. The topological polar surface area (TPSA) is 70.2 Å². The Bertz CT molecular complexity index is 902. The van der Waals surface area contributed by atoms with Crippen molar-refractivity contribution < 1.29 is 9.59 Å². The van der Waals surface area contributed by atoms with E-state index < -0.39 is 6.04 Å². The molecule has 0 bridgehead atoms. The standard InChI is InChI=1S/C25H33N3O2/c1-16-8-7-9-17(2)24(16)28-23(29)15-26-25(30)19(4)27-18(3)21-13-12-20-10-5-6-11-22(20)14-21/h7-9,12-14,18-19,27H,5-6,10-11,15H2,1-4H3,(H,26,30)(H,28,29)/t18-,19-/m0/s1. The van der Waals surface area contributed by atoms with Gasteiger partial charge in [0, 0.05) is 11.7 Å². The Morgan fingerprint density at radius 1 is 0.967 bits per heavy atom. The second-order valence-corrected chi connectivity index (χ2v) is 8.38. The van der Waals surface area contributed by atoms with Crippen LogP contribution in [0, 0.1) is 13.8 Å². The van der Waals surface area contributed by atoms with Crippen molar-refractivity contribution in [2.45, 2.75) is 65.5 Å². The second kappa shape index (κ2) is 9.90. The maximum absolute atomic E-state index is 12.5. The number of anilines is 1. The monoisotopic (exact) mass is 407 g/mol. The van der Waals surface area contributed by atoms with Gasteiger partial charge in [0.1, 0.15) is 0 Å². The fourth-order valence-electron chi connectivity index (χ4n) is 4.09. The summed E-state index contributed by atoms with van der Waals surface area (Å²) in [7, 11) is 0. The second-order valence-electron chi connectivity index (χ2n) is 8.38. The average molecular weight is 408 g/mol. The number of hydrogen-bond acceptors (Lipinski definition) is 3. The summed E-state index contributed by atoms with van der Waals surface area (Å²) in [4.78, 5) is 24.8. The fourth-order valence-corrected chi connectivity index (χ4v) is 4.09. The fraction of sp³-hybridized carbons (Fsp3) is 0.440. The first-order valence-electron chi connectivity index (χ1n) is 10.9. The summed E-state index contributed by atoms with van der Waals surface area (Å²) >= 11 is 0. The molecular weight excluding hydrogens is 374 g/mol. The van der Waals surface area contributed by atoms with E-state index in [0.29, 0.717) is 0 Å². The van der Waals surface area contributed by atoms with Crippen molar-refractivity contribution >= 4 is 17.5 Å². The van der Waals surface area contributed by atoms with Crippen molar-refractivity contribution in [1.29, 1.82) is 0 Å². The number of para-hydroxylation sites is 1. The lowest BCUT2D eigenvalue weighted by Gasteiger charge is -2.22. The molecule has 30 heavy (non-hydrogen) atoms. The molecule has 0 aromatic heterocycles. The molecule has 2 aromatic carbocycles. The minimum absolute atomic E-state index is 0.0497. The predicted molar refractivity (Wildman–Crippen MR) is 122 cm³/mol. The van der Waals surface area contributed by atoms with Gasteiger partial charge in [0.05, 0.1) is 12.6 Å². The van der Waals surface area contributed by atoms with Gasteiger partial charge < -0.3 is 10.6 Å². The molecule has 0 spiro atoms. The van der Waals surface area contributed by atoms with Crippen LogP contribution in [0.3, 0.4) is 0 Å². The Morgan fingerprint density at radius 2 is 1.63 bits per heavy atom. The van der Waals surface area contributed by atoms with Crippen molar-refractivity contribution in [2.24, 2.45) is 0 Å². The molecule has 2 amide bonds.